The van der Waals surface area contributed by atoms with Crippen LogP contribution in [-0.2, 0) is 47.9 Å². The van der Waals surface area contributed by atoms with Crippen LogP contribution in [0.15, 0.2) is 194 Å². The molecule has 0 bridgehead atoms. The van der Waals surface area contributed by atoms with Crippen molar-refractivity contribution in [3.8, 4) is 22.3 Å². The summed E-state index contributed by atoms with van der Waals surface area (Å²) in [5.41, 5.74) is 10.9. The van der Waals surface area contributed by atoms with Crippen molar-refractivity contribution in [2.75, 3.05) is 0 Å². The van der Waals surface area contributed by atoms with Gasteiger partial charge in [-0.15, -0.1) is 46.2 Å². The van der Waals surface area contributed by atoms with Gasteiger partial charge in [0.2, 0.25) is 0 Å². The molecule has 0 saturated heterocycles. The maximum absolute atomic E-state index is 2.99. The van der Waals surface area contributed by atoms with Crippen molar-refractivity contribution >= 4 is 46.3 Å². The predicted octanol–water partition coefficient (Wildman–Crippen LogP) is 10.5. The Kier molecular flexibility index (Phi) is 16.1. The van der Waals surface area contributed by atoms with E-state index in [-0.39, 0.29) is 35.6 Å². The van der Waals surface area contributed by atoms with Gasteiger partial charge in [-0.25, -0.2) is 12.2 Å². The molecule has 64 heavy (non-hydrogen) atoms. The van der Waals surface area contributed by atoms with E-state index in [2.05, 4.69) is 230 Å². The molecule has 0 fully saturated rings. The number of allylic oxidation sites excluding steroid dienone is 4. The molecule has 10 rings (SSSR count). The molecule has 1 aliphatic rings. The van der Waals surface area contributed by atoms with E-state index in [0.717, 1.165) is 19.3 Å². The van der Waals surface area contributed by atoms with E-state index in [1.54, 1.807) is 27.4 Å². The fourth-order valence-electron chi connectivity index (χ4n) is 8.80. The molecule has 0 saturated carbocycles. The Morgan fingerprint density at radius 3 is 1.27 bits per heavy atom. The van der Waals surface area contributed by atoms with Crippen molar-refractivity contribution in [3.63, 3.8) is 0 Å². The van der Waals surface area contributed by atoms with Gasteiger partial charge in [-0.05, 0) is 65.8 Å². The number of fused-ring (bicyclic) bond motifs is 5. The van der Waals surface area contributed by atoms with Crippen molar-refractivity contribution in [2.24, 2.45) is 0 Å². The van der Waals surface area contributed by atoms with Crippen LogP contribution in [0.25, 0.3) is 65.3 Å². The molecule has 320 valence electrons. The number of benzene rings is 8. The van der Waals surface area contributed by atoms with Crippen LogP contribution in [0, 0.1) is 6.08 Å². The molecule has 0 aliphatic heterocycles. The van der Waals surface area contributed by atoms with Crippen LogP contribution in [-0.4, -0.2) is 3.21 Å². The van der Waals surface area contributed by atoms with Crippen molar-refractivity contribution in [1.29, 1.82) is 0 Å². The van der Waals surface area contributed by atoms with E-state index >= 15 is 0 Å². The number of halogens is 2. The van der Waals surface area contributed by atoms with Crippen molar-refractivity contribution in [1.82, 2.24) is 0 Å². The molecule has 0 heterocycles. The molecule has 0 atom stereocenters. The Morgan fingerprint density at radius 1 is 0.484 bits per heavy atom. The van der Waals surface area contributed by atoms with E-state index in [9.17, 15) is 0 Å². The standard InChI is InChI=1S/C41H37.C15H14.C5H5.2ClH.Zr/c1-40(2,3)38-24-34-28(22-36(38)32-19-11-15-26-13-7-9-17-30(26)32)21-29-23-37(39(25-35(29)34)41(4,5)6)33-20-12-16-27-14-8-10-18-31(27)33;1-3-8-14(9-4-1)12-7-13-15-10-5-2-6-11-15;1-2-4-5-3-1;;;/h7-25H,1-6H3;1-6,8-11H,12-13H2;1-3H,4H2;2*1H;/q-1;;-1;;;+2/p-2. The Hall–Kier alpha value is -5.04. The molecule has 0 N–H and O–H groups in total. The first-order chi connectivity index (χ1) is 29.9. The van der Waals surface area contributed by atoms with E-state index in [1.165, 1.54) is 87.6 Å². The van der Waals surface area contributed by atoms with E-state index in [1.807, 2.05) is 12.2 Å². The Labute approximate surface area is 408 Å². The Bertz CT molecular complexity index is 2850. The van der Waals surface area contributed by atoms with Gasteiger partial charge in [0.05, 0.1) is 0 Å². The van der Waals surface area contributed by atoms with Crippen molar-refractivity contribution in [3.05, 3.63) is 222 Å². The van der Waals surface area contributed by atoms with Crippen molar-refractivity contribution in [2.45, 2.75) is 71.6 Å². The monoisotopic (exact) mass is 948 g/mol. The number of hydrogen-bond acceptors (Lipinski definition) is 0. The normalized spacial score (nSPS) is 12.0. The van der Waals surface area contributed by atoms with Crippen LogP contribution in [0.1, 0.15) is 70.2 Å². The molecule has 0 unspecified atom stereocenters. The van der Waals surface area contributed by atoms with Gasteiger partial charge in [0, 0.05) is 0 Å². The van der Waals surface area contributed by atoms with Crippen LogP contribution >= 0.6 is 0 Å². The number of rotatable bonds is 6. The molecule has 1 aliphatic carbocycles. The molecule has 9 aromatic rings. The molecule has 0 nitrogen and oxygen atoms in total. The van der Waals surface area contributed by atoms with E-state index in [4.69, 9.17) is 0 Å². The van der Waals surface area contributed by atoms with Gasteiger partial charge in [-0.3, -0.25) is 6.08 Å². The van der Waals surface area contributed by atoms with Crippen LogP contribution < -0.4 is 24.8 Å². The Morgan fingerprint density at radius 2 is 0.891 bits per heavy atom. The molecule has 0 radical (unpaired) electrons. The first kappa shape index (κ1) is 48.4. The second kappa shape index (κ2) is 21.3. The molecule has 0 spiro atoms. The van der Waals surface area contributed by atoms with Crippen LogP contribution in [0.2, 0.25) is 0 Å². The van der Waals surface area contributed by atoms with Gasteiger partial charge in [-0.1, -0.05) is 139 Å². The molecule has 0 amide bonds. The molecule has 3 heteroatoms. The zero-order chi connectivity index (χ0) is 43.3. The maximum atomic E-state index is 2.99. The van der Waals surface area contributed by atoms with Crippen molar-refractivity contribution < 1.29 is 49.0 Å². The summed E-state index contributed by atoms with van der Waals surface area (Å²) in [6.07, 6.45) is 12.2. The SMILES string of the molecule is CC(C)(C)c1cc2c(cc1-c1cccc3ccccc13)[cH-]c1cc(-c3cccc4ccccc34)c(C(C)(C)C)cc12.[C-]1=CC=CC1.[Cl-].[Cl-].[Zr+2]=[C](Cc1ccccc1)Cc1ccccc1. The zero-order valence-corrected chi connectivity index (χ0v) is 41.8. The molecular formula is C61H56Cl2Zr-2. The second-order valence-corrected chi connectivity index (χ2v) is 20.3. The fraction of sp³-hybridized carbons (Fsp3) is 0.180. The average molecular weight is 951 g/mol. The van der Waals surface area contributed by atoms with Crippen LogP contribution in [0.4, 0.5) is 0 Å². The van der Waals surface area contributed by atoms with Gasteiger partial charge < -0.3 is 24.8 Å². The third-order valence-corrected chi connectivity index (χ3v) is 12.7. The minimum absolute atomic E-state index is 0. The van der Waals surface area contributed by atoms with E-state index in [0.29, 0.717) is 0 Å². The van der Waals surface area contributed by atoms with Gasteiger partial charge in [0.25, 0.3) is 0 Å². The number of hydrogen-bond donors (Lipinski definition) is 0. The van der Waals surface area contributed by atoms with Gasteiger partial charge >= 0.3 is 112 Å². The van der Waals surface area contributed by atoms with Gasteiger partial charge in [0.15, 0.2) is 0 Å². The minimum atomic E-state index is -0.000185. The predicted molar refractivity (Wildman–Crippen MR) is 267 cm³/mol. The van der Waals surface area contributed by atoms with Gasteiger partial charge in [-0.2, -0.15) is 6.08 Å². The summed E-state index contributed by atoms with van der Waals surface area (Å²) in [4.78, 5) is 0. The summed E-state index contributed by atoms with van der Waals surface area (Å²) >= 11 is 1.55. The molecule has 9 aromatic carbocycles. The summed E-state index contributed by atoms with van der Waals surface area (Å²) in [5, 5.41) is 10.5. The zero-order valence-electron chi connectivity index (χ0n) is 37.9. The summed E-state index contributed by atoms with van der Waals surface area (Å²) in [6.45, 7) is 14.0. The first-order valence-corrected chi connectivity index (χ1v) is 23.2. The summed E-state index contributed by atoms with van der Waals surface area (Å²) < 4.78 is 1.60. The third-order valence-electron chi connectivity index (χ3n) is 11.9. The quantitative estimate of drug-likeness (QED) is 0.146. The average Bonchev–Trinajstić information content (AvgIpc) is 3.98. The van der Waals surface area contributed by atoms with Gasteiger partial charge in [0.1, 0.15) is 0 Å². The van der Waals surface area contributed by atoms with E-state index < -0.39 is 0 Å². The fourth-order valence-corrected chi connectivity index (χ4v) is 9.80. The summed E-state index contributed by atoms with van der Waals surface area (Å²) in [7, 11) is 0. The summed E-state index contributed by atoms with van der Waals surface area (Å²) in [6, 6.07) is 64.6. The summed E-state index contributed by atoms with van der Waals surface area (Å²) in [5.74, 6) is 0. The van der Waals surface area contributed by atoms with Crippen LogP contribution in [0.5, 0.6) is 0 Å². The first-order valence-electron chi connectivity index (χ1n) is 22.0. The molecular weight excluding hydrogens is 895 g/mol. The molecule has 0 aromatic heterocycles. The third kappa shape index (κ3) is 11.2. The topological polar surface area (TPSA) is 0 Å². The van der Waals surface area contributed by atoms with Crippen LogP contribution in [0.3, 0.4) is 0 Å². The second-order valence-electron chi connectivity index (χ2n) is 18.6. The Balaban J connectivity index is 0.000000245.